The Morgan fingerprint density at radius 2 is 1.58 bits per heavy atom. The number of para-hydroxylation sites is 1. The van der Waals surface area contributed by atoms with Crippen molar-refractivity contribution < 1.29 is 9.84 Å². The molecule has 0 unspecified atom stereocenters. The van der Waals surface area contributed by atoms with Crippen LogP contribution in [-0.4, -0.2) is 31.3 Å². The number of ether oxygens (including phenoxy) is 1. The quantitative estimate of drug-likeness (QED) is 0.555. The maximum Gasteiger partial charge on any atom is 0.124 e. The molecule has 0 bridgehead atoms. The highest BCUT2D eigenvalue weighted by atomic mass is 16.5. The van der Waals surface area contributed by atoms with Crippen molar-refractivity contribution in [3.63, 3.8) is 0 Å². The minimum absolute atomic E-state index is 0.193. The van der Waals surface area contributed by atoms with Gasteiger partial charge >= 0.3 is 0 Å². The van der Waals surface area contributed by atoms with Gasteiger partial charge in [-0.25, -0.2) is 0 Å². The van der Waals surface area contributed by atoms with Gasteiger partial charge in [-0.2, -0.15) is 0 Å². The summed E-state index contributed by atoms with van der Waals surface area (Å²) in [6.07, 6.45) is 1.03. The maximum atomic E-state index is 8.71. The van der Waals surface area contributed by atoms with Gasteiger partial charge in [0.15, 0.2) is 0 Å². The van der Waals surface area contributed by atoms with Crippen LogP contribution >= 0.6 is 0 Å². The number of rotatable bonds is 11. The largest absolute Gasteiger partial charge is 0.489 e. The van der Waals surface area contributed by atoms with E-state index < -0.39 is 0 Å². The number of aryl methyl sites for hydroxylation is 1. The predicted molar refractivity (Wildman–Crippen MR) is 98.2 cm³/mol. The number of nitrogens with one attached hydrogen (secondary N) is 2. The van der Waals surface area contributed by atoms with E-state index >= 15 is 0 Å². The second-order valence-corrected chi connectivity index (χ2v) is 5.83. The molecule has 2 rings (SSSR count). The topological polar surface area (TPSA) is 53.5 Å². The molecule has 4 heteroatoms. The van der Waals surface area contributed by atoms with Gasteiger partial charge in [-0.1, -0.05) is 42.5 Å². The van der Waals surface area contributed by atoms with E-state index in [1.165, 1.54) is 16.7 Å². The lowest BCUT2D eigenvalue weighted by molar-refractivity contribution is 0.292. The van der Waals surface area contributed by atoms with E-state index in [1.807, 2.05) is 30.3 Å². The third-order valence-corrected chi connectivity index (χ3v) is 3.93. The Kier molecular flexibility index (Phi) is 8.32. The highest BCUT2D eigenvalue weighted by Gasteiger charge is 2.04. The third-order valence-electron chi connectivity index (χ3n) is 3.93. The van der Waals surface area contributed by atoms with Crippen LogP contribution in [0.4, 0.5) is 0 Å². The standard InChI is InChI=1S/C20H28N2O2/c1-17-7-2-3-9-19(17)16-24-20-10-5-4-8-18(20)15-22-12-6-11-21-13-14-23/h2-5,7-10,21-23H,6,11-16H2,1H3. The number of hydrogen-bond donors (Lipinski definition) is 3. The lowest BCUT2D eigenvalue weighted by Crippen LogP contribution is -2.24. The van der Waals surface area contributed by atoms with E-state index in [2.05, 4.69) is 35.8 Å². The Hall–Kier alpha value is -1.88. The zero-order valence-electron chi connectivity index (χ0n) is 14.4. The van der Waals surface area contributed by atoms with Crippen molar-refractivity contribution in [3.05, 3.63) is 65.2 Å². The van der Waals surface area contributed by atoms with Gasteiger partial charge in [0.2, 0.25) is 0 Å². The highest BCUT2D eigenvalue weighted by Crippen LogP contribution is 2.20. The van der Waals surface area contributed by atoms with E-state index in [0.29, 0.717) is 13.2 Å². The van der Waals surface area contributed by atoms with Crippen LogP contribution in [0, 0.1) is 6.92 Å². The van der Waals surface area contributed by atoms with Crippen LogP contribution in [0.25, 0.3) is 0 Å². The monoisotopic (exact) mass is 328 g/mol. The van der Waals surface area contributed by atoms with E-state index in [9.17, 15) is 0 Å². The fourth-order valence-electron chi connectivity index (χ4n) is 2.48. The molecule has 0 aliphatic rings. The fraction of sp³-hybridized carbons (Fsp3) is 0.400. The summed E-state index contributed by atoms with van der Waals surface area (Å²) < 4.78 is 6.03. The Morgan fingerprint density at radius 1 is 0.875 bits per heavy atom. The molecular weight excluding hydrogens is 300 g/mol. The second kappa shape index (κ2) is 10.8. The molecule has 0 saturated carbocycles. The molecule has 0 spiro atoms. The van der Waals surface area contributed by atoms with Crippen LogP contribution in [0.5, 0.6) is 5.75 Å². The van der Waals surface area contributed by atoms with Crippen molar-refractivity contribution >= 4 is 0 Å². The Morgan fingerprint density at radius 3 is 2.38 bits per heavy atom. The number of hydrogen-bond acceptors (Lipinski definition) is 4. The highest BCUT2D eigenvalue weighted by molar-refractivity contribution is 5.34. The molecule has 0 heterocycles. The average Bonchev–Trinajstić information content (AvgIpc) is 2.61. The predicted octanol–water partition coefficient (Wildman–Crippen LogP) is 2.64. The molecule has 0 aromatic heterocycles. The zero-order valence-corrected chi connectivity index (χ0v) is 14.4. The molecule has 3 N–H and O–H groups in total. The van der Waals surface area contributed by atoms with Gasteiger partial charge in [-0.05, 0) is 43.6 Å². The molecule has 0 amide bonds. The molecule has 0 radical (unpaired) electrons. The molecule has 24 heavy (non-hydrogen) atoms. The normalized spacial score (nSPS) is 10.8. The van der Waals surface area contributed by atoms with Gasteiger partial charge in [-0.15, -0.1) is 0 Å². The van der Waals surface area contributed by atoms with E-state index in [0.717, 1.165) is 31.8 Å². The van der Waals surface area contributed by atoms with Gasteiger partial charge in [0.05, 0.1) is 6.61 Å². The summed E-state index contributed by atoms with van der Waals surface area (Å²) in [4.78, 5) is 0. The molecule has 2 aromatic rings. The lowest BCUT2D eigenvalue weighted by Gasteiger charge is -2.13. The first kappa shape index (κ1) is 18.5. The van der Waals surface area contributed by atoms with Crippen molar-refractivity contribution in [3.8, 4) is 5.75 Å². The van der Waals surface area contributed by atoms with Crippen molar-refractivity contribution in [1.29, 1.82) is 0 Å². The van der Waals surface area contributed by atoms with Gasteiger partial charge in [-0.3, -0.25) is 0 Å². The summed E-state index contributed by atoms with van der Waals surface area (Å²) >= 11 is 0. The maximum absolute atomic E-state index is 8.71. The Bertz CT molecular complexity index is 602. The van der Waals surface area contributed by atoms with Crippen molar-refractivity contribution in [2.24, 2.45) is 0 Å². The van der Waals surface area contributed by atoms with Crippen LogP contribution in [0.1, 0.15) is 23.1 Å². The first-order valence-corrected chi connectivity index (χ1v) is 8.59. The van der Waals surface area contributed by atoms with Crippen LogP contribution in [0.2, 0.25) is 0 Å². The van der Waals surface area contributed by atoms with Crippen LogP contribution in [0.15, 0.2) is 48.5 Å². The smallest absolute Gasteiger partial charge is 0.124 e. The fourth-order valence-corrected chi connectivity index (χ4v) is 2.48. The van der Waals surface area contributed by atoms with Crippen molar-refractivity contribution in [2.45, 2.75) is 26.5 Å². The minimum Gasteiger partial charge on any atom is -0.489 e. The number of aliphatic hydroxyl groups excluding tert-OH is 1. The van der Waals surface area contributed by atoms with E-state index in [4.69, 9.17) is 9.84 Å². The van der Waals surface area contributed by atoms with Crippen LogP contribution in [-0.2, 0) is 13.2 Å². The van der Waals surface area contributed by atoms with Crippen molar-refractivity contribution in [2.75, 3.05) is 26.2 Å². The SMILES string of the molecule is Cc1ccccc1COc1ccccc1CNCCCNCCO. The zero-order chi connectivity index (χ0) is 17.0. The van der Waals surface area contributed by atoms with Crippen molar-refractivity contribution in [1.82, 2.24) is 10.6 Å². The van der Waals surface area contributed by atoms with Crippen LogP contribution in [0.3, 0.4) is 0 Å². The number of aliphatic hydroxyl groups is 1. The summed E-state index contributed by atoms with van der Waals surface area (Å²) in [6, 6.07) is 16.5. The molecule has 0 atom stereocenters. The molecule has 4 nitrogen and oxygen atoms in total. The Balaban J connectivity index is 1.78. The summed E-state index contributed by atoms with van der Waals surface area (Å²) in [5.74, 6) is 0.937. The average molecular weight is 328 g/mol. The molecule has 0 saturated heterocycles. The molecule has 0 fully saturated rings. The summed E-state index contributed by atoms with van der Waals surface area (Å²) in [5, 5.41) is 15.3. The molecule has 0 aliphatic heterocycles. The molecule has 0 aliphatic carbocycles. The Labute approximate surface area is 144 Å². The van der Waals surface area contributed by atoms with Gasteiger partial charge in [0.25, 0.3) is 0 Å². The van der Waals surface area contributed by atoms with E-state index in [1.54, 1.807) is 0 Å². The second-order valence-electron chi connectivity index (χ2n) is 5.83. The molecule has 130 valence electrons. The van der Waals surface area contributed by atoms with Gasteiger partial charge < -0.3 is 20.5 Å². The molecular formula is C20H28N2O2. The number of benzene rings is 2. The first-order chi connectivity index (χ1) is 11.8. The summed E-state index contributed by atoms with van der Waals surface area (Å²) in [6.45, 7) is 6.20. The van der Waals surface area contributed by atoms with Gasteiger partial charge in [0, 0.05) is 18.7 Å². The summed E-state index contributed by atoms with van der Waals surface area (Å²) in [5.41, 5.74) is 3.65. The lowest BCUT2D eigenvalue weighted by atomic mass is 10.1. The summed E-state index contributed by atoms with van der Waals surface area (Å²) in [7, 11) is 0. The first-order valence-electron chi connectivity index (χ1n) is 8.59. The minimum atomic E-state index is 0.193. The van der Waals surface area contributed by atoms with Crippen LogP contribution < -0.4 is 15.4 Å². The van der Waals surface area contributed by atoms with Gasteiger partial charge in [0.1, 0.15) is 12.4 Å². The third kappa shape index (κ3) is 6.32. The van der Waals surface area contributed by atoms with E-state index in [-0.39, 0.29) is 6.61 Å². The molecule has 2 aromatic carbocycles.